The first-order valence-electron chi connectivity index (χ1n) is 9.67. The molecule has 3 nitrogen and oxygen atoms in total. The molecule has 1 saturated heterocycles. The van der Waals surface area contributed by atoms with Gasteiger partial charge in [-0.1, -0.05) is 53.8 Å². The number of hydrogen-bond acceptors (Lipinski definition) is 3. The van der Waals surface area contributed by atoms with Crippen LogP contribution in [0, 0.1) is 0 Å². The zero-order valence-electron chi connectivity index (χ0n) is 15.1. The maximum Gasteiger partial charge on any atom is 0.308 e. The van der Waals surface area contributed by atoms with Crippen LogP contribution in [0.2, 0.25) is 0 Å². The van der Waals surface area contributed by atoms with Crippen molar-refractivity contribution in [3.05, 3.63) is 69.8 Å². The van der Waals surface area contributed by atoms with Crippen LogP contribution < -0.4 is 4.87 Å². The largest absolute Gasteiger partial charge is 0.308 e. The SMILES string of the molecule is O=c1sc2ccccc2n1CCCCN1CCC(c2ccccc2)CC1. The molecule has 2 aromatic carbocycles. The van der Waals surface area contributed by atoms with Gasteiger partial charge in [0.15, 0.2) is 0 Å². The summed E-state index contributed by atoms with van der Waals surface area (Å²) in [5, 5.41) is 0. The molecule has 0 radical (unpaired) electrons. The zero-order valence-corrected chi connectivity index (χ0v) is 16.0. The lowest BCUT2D eigenvalue weighted by Crippen LogP contribution is -2.33. The van der Waals surface area contributed by atoms with Gasteiger partial charge in [-0.05, 0) is 68.9 Å². The molecule has 1 aromatic heterocycles. The number of benzene rings is 2. The molecule has 2 heterocycles. The predicted molar refractivity (Wildman–Crippen MR) is 110 cm³/mol. The number of hydrogen-bond donors (Lipinski definition) is 0. The summed E-state index contributed by atoms with van der Waals surface area (Å²) in [7, 11) is 0. The fourth-order valence-electron chi connectivity index (χ4n) is 4.05. The second-order valence-electron chi connectivity index (χ2n) is 7.22. The Balaban J connectivity index is 1.23. The van der Waals surface area contributed by atoms with E-state index in [9.17, 15) is 4.79 Å². The minimum Gasteiger partial charge on any atom is -0.303 e. The van der Waals surface area contributed by atoms with Crippen molar-refractivity contribution in [2.45, 2.75) is 38.1 Å². The molecule has 0 N–H and O–H groups in total. The normalized spacial score (nSPS) is 16.3. The van der Waals surface area contributed by atoms with Gasteiger partial charge in [0, 0.05) is 6.54 Å². The Bertz CT molecular complexity index is 891. The van der Waals surface area contributed by atoms with Gasteiger partial charge in [0.2, 0.25) is 0 Å². The molecule has 3 aromatic rings. The average Bonchev–Trinajstić information content (AvgIpc) is 3.01. The standard InChI is InChI=1S/C22H26N2OS/c25-22-24(20-10-4-5-11-21(20)26-22)15-7-6-14-23-16-12-19(13-17-23)18-8-2-1-3-9-18/h1-5,8-11,19H,6-7,12-17H2. The van der Waals surface area contributed by atoms with Crippen molar-refractivity contribution in [2.75, 3.05) is 19.6 Å². The minimum atomic E-state index is 0.176. The van der Waals surface area contributed by atoms with E-state index in [1.807, 2.05) is 22.8 Å². The molecule has 0 aliphatic carbocycles. The number of fused-ring (bicyclic) bond motifs is 1. The van der Waals surface area contributed by atoms with E-state index in [0.717, 1.165) is 42.1 Å². The Morgan fingerprint density at radius 2 is 1.58 bits per heavy atom. The third-order valence-electron chi connectivity index (χ3n) is 5.54. The number of para-hydroxylation sites is 1. The highest BCUT2D eigenvalue weighted by atomic mass is 32.1. The first-order valence-corrected chi connectivity index (χ1v) is 10.5. The lowest BCUT2D eigenvalue weighted by Gasteiger charge is -2.32. The number of aryl methyl sites for hydroxylation is 1. The summed E-state index contributed by atoms with van der Waals surface area (Å²) in [6.07, 6.45) is 4.75. The smallest absolute Gasteiger partial charge is 0.303 e. The third-order valence-corrected chi connectivity index (χ3v) is 6.50. The van der Waals surface area contributed by atoms with Gasteiger partial charge in [-0.25, -0.2) is 0 Å². The molecule has 0 unspecified atom stereocenters. The first kappa shape index (κ1) is 17.5. The van der Waals surface area contributed by atoms with E-state index in [1.165, 1.54) is 42.8 Å². The number of unbranched alkanes of at least 4 members (excludes halogenated alkanes) is 1. The Kier molecular flexibility index (Phi) is 5.51. The maximum absolute atomic E-state index is 12.2. The van der Waals surface area contributed by atoms with Gasteiger partial charge in [-0.15, -0.1) is 0 Å². The van der Waals surface area contributed by atoms with Crippen LogP contribution in [0.15, 0.2) is 59.4 Å². The van der Waals surface area contributed by atoms with Gasteiger partial charge in [0.1, 0.15) is 0 Å². The highest BCUT2D eigenvalue weighted by molar-refractivity contribution is 7.16. The van der Waals surface area contributed by atoms with Crippen molar-refractivity contribution in [3.8, 4) is 0 Å². The van der Waals surface area contributed by atoms with Crippen LogP contribution in [0.1, 0.15) is 37.2 Å². The van der Waals surface area contributed by atoms with Gasteiger partial charge in [-0.2, -0.15) is 0 Å². The van der Waals surface area contributed by atoms with Crippen molar-refractivity contribution in [3.63, 3.8) is 0 Å². The summed E-state index contributed by atoms with van der Waals surface area (Å²) in [4.78, 5) is 14.9. The number of nitrogens with zero attached hydrogens (tertiary/aromatic N) is 2. The summed E-state index contributed by atoms with van der Waals surface area (Å²) in [5.41, 5.74) is 2.59. The minimum absolute atomic E-state index is 0.176. The van der Waals surface area contributed by atoms with Crippen LogP contribution in [-0.4, -0.2) is 29.1 Å². The Morgan fingerprint density at radius 3 is 2.38 bits per heavy atom. The van der Waals surface area contributed by atoms with Crippen LogP contribution in [0.5, 0.6) is 0 Å². The summed E-state index contributed by atoms with van der Waals surface area (Å²) in [6, 6.07) is 19.0. The quantitative estimate of drug-likeness (QED) is 0.590. The summed E-state index contributed by atoms with van der Waals surface area (Å²) >= 11 is 1.36. The molecular formula is C22H26N2OS. The first-order chi connectivity index (χ1) is 12.8. The summed E-state index contributed by atoms with van der Waals surface area (Å²) in [5.74, 6) is 0.725. The molecule has 1 fully saturated rings. The number of thiazole rings is 1. The molecule has 0 amide bonds. The second kappa shape index (κ2) is 8.19. The zero-order chi connectivity index (χ0) is 17.8. The number of likely N-dealkylation sites (tertiary alicyclic amines) is 1. The van der Waals surface area contributed by atoms with Crippen molar-refractivity contribution >= 4 is 21.6 Å². The molecule has 0 spiro atoms. The Labute approximate surface area is 158 Å². The van der Waals surface area contributed by atoms with E-state index in [4.69, 9.17) is 0 Å². The average molecular weight is 367 g/mol. The van der Waals surface area contributed by atoms with E-state index in [0.29, 0.717) is 0 Å². The summed E-state index contributed by atoms with van der Waals surface area (Å²) < 4.78 is 3.04. The molecular weight excluding hydrogens is 340 g/mol. The lowest BCUT2D eigenvalue weighted by atomic mass is 9.89. The van der Waals surface area contributed by atoms with Crippen LogP contribution in [-0.2, 0) is 6.54 Å². The van der Waals surface area contributed by atoms with E-state index in [2.05, 4.69) is 41.3 Å². The number of rotatable bonds is 6. The van der Waals surface area contributed by atoms with Gasteiger partial charge >= 0.3 is 4.87 Å². The maximum atomic E-state index is 12.2. The van der Waals surface area contributed by atoms with Crippen LogP contribution >= 0.6 is 11.3 Å². The molecule has 0 atom stereocenters. The fourth-order valence-corrected chi connectivity index (χ4v) is 4.96. The molecule has 4 heteroatoms. The van der Waals surface area contributed by atoms with E-state index in [1.54, 1.807) is 0 Å². The highest BCUT2D eigenvalue weighted by Gasteiger charge is 2.19. The van der Waals surface area contributed by atoms with Crippen LogP contribution in [0.3, 0.4) is 0 Å². The molecule has 1 aliphatic rings. The van der Waals surface area contributed by atoms with Crippen molar-refractivity contribution < 1.29 is 0 Å². The van der Waals surface area contributed by atoms with Crippen molar-refractivity contribution in [1.82, 2.24) is 9.47 Å². The van der Waals surface area contributed by atoms with Crippen LogP contribution in [0.4, 0.5) is 0 Å². The molecule has 0 saturated carbocycles. The molecule has 136 valence electrons. The third kappa shape index (κ3) is 3.92. The molecule has 26 heavy (non-hydrogen) atoms. The highest BCUT2D eigenvalue weighted by Crippen LogP contribution is 2.27. The number of aromatic nitrogens is 1. The van der Waals surface area contributed by atoms with Crippen molar-refractivity contribution in [1.29, 1.82) is 0 Å². The lowest BCUT2D eigenvalue weighted by molar-refractivity contribution is 0.208. The topological polar surface area (TPSA) is 25.2 Å². The molecule has 0 bridgehead atoms. The Morgan fingerprint density at radius 1 is 0.885 bits per heavy atom. The van der Waals surface area contributed by atoms with Crippen molar-refractivity contribution in [2.24, 2.45) is 0 Å². The number of piperidine rings is 1. The second-order valence-corrected chi connectivity index (χ2v) is 8.21. The van der Waals surface area contributed by atoms with Crippen LogP contribution in [0.25, 0.3) is 10.2 Å². The van der Waals surface area contributed by atoms with Gasteiger partial charge in [-0.3, -0.25) is 9.36 Å². The van der Waals surface area contributed by atoms with E-state index < -0.39 is 0 Å². The van der Waals surface area contributed by atoms with E-state index >= 15 is 0 Å². The fraction of sp³-hybridized carbons (Fsp3) is 0.409. The van der Waals surface area contributed by atoms with Gasteiger partial charge in [0.25, 0.3) is 0 Å². The van der Waals surface area contributed by atoms with Gasteiger partial charge < -0.3 is 4.90 Å². The monoisotopic (exact) mass is 366 g/mol. The van der Waals surface area contributed by atoms with Gasteiger partial charge in [0.05, 0.1) is 10.2 Å². The molecule has 1 aliphatic heterocycles. The Hall–Kier alpha value is -1.91. The summed E-state index contributed by atoms with van der Waals surface area (Å²) in [6.45, 7) is 4.38. The molecule has 4 rings (SSSR count). The predicted octanol–water partition coefficient (Wildman–Crippen LogP) is 4.72. The van der Waals surface area contributed by atoms with E-state index in [-0.39, 0.29) is 4.87 Å².